The zero-order valence-electron chi connectivity index (χ0n) is 13.2. The first-order chi connectivity index (χ1) is 10.1. The van der Waals surface area contributed by atoms with Crippen LogP contribution in [0.25, 0.3) is 0 Å². The van der Waals surface area contributed by atoms with Crippen molar-refractivity contribution in [1.29, 1.82) is 0 Å². The molecule has 1 aromatic heterocycles. The van der Waals surface area contributed by atoms with Crippen molar-refractivity contribution in [2.75, 3.05) is 6.54 Å². The minimum atomic E-state index is 0.524. The number of aromatic nitrogens is 2. The molecule has 0 aliphatic carbocycles. The first kappa shape index (κ1) is 15.4. The number of ether oxygens (including phenoxy) is 1. The van der Waals surface area contributed by atoms with E-state index in [9.17, 15) is 0 Å². The van der Waals surface area contributed by atoms with E-state index >= 15 is 0 Å². The second kappa shape index (κ2) is 7.18. The Morgan fingerprint density at radius 2 is 1.90 bits per heavy atom. The Hall–Kier alpha value is -1.94. The number of rotatable bonds is 6. The van der Waals surface area contributed by atoms with E-state index < -0.39 is 0 Å². The van der Waals surface area contributed by atoms with Crippen molar-refractivity contribution in [1.82, 2.24) is 15.5 Å². The normalized spacial score (nSPS) is 10.9. The van der Waals surface area contributed by atoms with Crippen LogP contribution in [0.4, 0.5) is 0 Å². The molecule has 0 unspecified atom stereocenters. The van der Waals surface area contributed by atoms with E-state index in [0.717, 1.165) is 30.1 Å². The molecule has 4 nitrogen and oxygen atoms in total. The summed E-state index contributed by atoms with van der Waals surface area (Å²) >= 11 is 0. The summed E-state index contributed by atoms with van der Waals surface area (Å²) in [7, 11) is 0. The maximum atomic E-state index is 5.79. The van der Waals surface area contributed by atoms with Gasteiger partial charge in [-0.2, -0.15) is 5.10 Å². The molecule has 0 bridgehead atoms. The molecule has 0 aliphatic heterocycles. The van der Waals surface area contributed by atoms with Crippen LogP contribution in [0.2, 0.25) is 0 Å². The highest BCUT2D eigenvalue weighted by atomic mass is 16.5. The van der Waals surface area contributed by atoms with E-state index in [-0.39, 0.29) is 0 Å². The van der Waals surface area contributed by atoms with Gasteiger partial charge >= 0.3 is 0 Å². The maximum absolute atomic E-state index is 5.79. The summed E-state index contributed by atoms with van der Waals surface area (Å²) in [5.41, 5.74) is 3.25. The van der Waals surface area contributed by atoms with Gasteiger partial charge in [-0.1, -0.05) is 26.0 Å². The molecule has 0 radical (unpaired) electrons. The van der Waals surface area contributed by atoms with Crippen molar-refractivity contribution in [2.24, 2.45) is 5.92 Å². The fourth-order valence-electron chi connectivity index (χ4n) is 1.93. The van der Waals surface area contributed by atoms with Crippen molar-refractivity contribution in [2.45, 2.75) is 34.2 Å². The third kappa shape index (κ3) is 4.53. The molecule has 1 aromatic carbocycles. The first-order valence-corrected chi connectivity index (χ1v) is 7.33. The summed E-state index contributed by atoms with van der Waals surface area (Å²) in [6.45, 7) is 10.2. The number of nitrogens with one attached hydrogen (secondary N) is 1. The molecule has 21 heavy (non-hydrogen) atoms. The molecule has 0 aliphatic rings. The van der Waals surface area contributed by atoms with E-state index in [1.807, 2.05) is 31.2 Å². The van der Waals surface area contributed by atoms with Crippen LogP contribution >= 0.6 is 0 Å². The van der Waals surface area contributed by atoms with Gasteiger partial charge in [0, 0.05) is 12.6 Å². The smallest absolute Gasteiger partial charge is 0.238 e. The van der Waals surface area contributed by atoms with Crippen LogP contribution in [0, 0.1) is 19.8 Å². The van der Waals surface area contributed by atoms with Crippen molar-refractivity contribution < 1.29 is 4.74 Å². The molecule has 2 rings (SSSR count). The van der Waals surface area contributed by atoms with Gasteiger partial charge in [-0.15, -0.1) is 5.10 Å². The molecule has 4 heteroatoms. The molecule has 0 amide bonds. The second-order valence-electron chi connectivity index (χ2n) is 5.69. The lowest BCUT2D eigenvalue weighted by Gasteiger charge is -2.10. The van der Waals surface area contributed by atoms with E-state index in [1.54, 1.807) is 0 Å². The maximum Gasteiger partial charge on any atom is 0.238 e. The quantitative estimate of drug-likeness (QED) is 0.880. The molecule has 1 N–H and O–H groups in total. The zero-order valence-corrected chi connectivity index (χ0v) is 13.2. The molecule has 0 saturated carbocycles. The number of hydrogen-bond donors (Lipinski definition) is 1. The molecule has 112 valence electrons. The highest BCUT2D eigenvalue weighted by Crippen LogP contribution is 2.25. The Balaban J connectivity index is 1.97. The summed E-state index contributed by atoms with van der Waals surface area (Å²) in [4.78, 5) is 0. The van der Waals surface area contributed by atoms with Crippen molar-refractivity contribution in [3.05, 3.63) is 47.2 Å². The monoisotopic (exact) mass is 285 g/mol. The summed E-state index contributed by atoms with van der Waals surface area (Å²) in [5, 5.41) is 11.7. The molecule has 0 atom stereocenters. The molecule has 0 spiro atoms. The molecule has 0 fully saturated rings. The van der Waals surface area contributed by atoms with Crippen LogP contribution in [0.1, 0.15) is 30.7 Å². The Labute approximate surface area is 126 Å². The highest BCUT2D eigenvalue weighted by molar-refractivity contribution is 5.40. The van der Waals surface area contributed by atoms with E-state index in [0.29, 0.717) is 11.8 Å². The third-order valence-electron chi connectivity index (χ3n) is 3.32. The predicted octanol–water partition coefficient (Wildman–Crippen LogP) is 3.63. The standard InChI is InChI=1S/C17H23N3O/c1-12(2)10-18-11-15-8-9-17(20-19-15)21-16-7-5-6-13(3)14(16)4/h5-9,12,18H,10-11H2,1-4H3. The van der Waals surface area contributed by atoms with Gasteiger partial charge in [-0.3, -0.25) is 0 Å². The lowest BCUT2D eigenvalue weighted by atomic mass is 10.1. The highest BCUT2D eigenvalue weighted by Gasteiger charge is 2.05. The van der Waals surface area contributed by atoms with Gasteiger partial charge in [0.2, 0.25) is 5.88 Å². The first-order valence-electron chi connectivity index (χ1n) is 7.33. The zero-order chi connectivity index (χ0) is 15.2. The van der Waals surface area contributed by atoms with E-state index in [1.165, 1.54) is 5.56 Å². The fourth-order valence-corrected chi connectivity index (χ4v) is 1.93. The minimum absolute atomic E-state index is 0.524. The number of nitrogens with zero attached hydrogens (tertiary/aromatic N) is 2. The van der Waals surface area contributed by atoms with Crippen LogP contribution in [0.15, 0.2) is 30.3 Å². The van der Waals surface area contributed by atoms with Crippen LogP contribution in [0.5, 0.6) is 11.6 Å². The number of benzene rings is 1. The average Bonchev–Trinajstić information content (AvgIpc) is 2.45. The Bertz CT molecular complexity index is 579. The SMILES string of the molecule is Cc1cccc(Oc2ccc(CNCC(C)C)nn2)c1C. The van der Waals surface area contributed by atoms with E-state index in [2.05, 4.69) is 42.4 Å². The van der Waals surface area contributed by atoms with Crippen molar-refractivity contribution in [3.8, 4) is 11.6 Å². The van der Waals surface area contributed by atoms with Gasteiger partial charge in [0.05, 0.1) is 5.69 Å². The molecule has 1 heterocycles. The van der Waals surface area contributed by atoms with Crippen LogP contribution < -0.4 is 10.1 Å². The average molecular weight is 285 g/mol. The molecule has 2 aromatic rings. The molecular formula is C17H23N3O. The van der Waals surface area contributed by atoms with Gasteiger partial charge in [0.25, 0.3) is 0 Å². The van der Waals surface area contributed by atoms with Crippen LogP contribution in [-0.4, -0.2) is 16.7 Å². The van der Waals surface area contributed by atoms with Crippen molar-refractivity contribution >= 4 is 0 Å². The van der Waals surface area contributed by atoms with Gasteiger partial charge < -0.3 is 10.1 Å². The summed E-state index contributed by atoms with van der Waals surface area (Å²) in [5.74, 6) is 1.98. The second-order valence-corrected chi connectivity index (χ2v) is 5.69. The van der Waals surface area contributed by atoms with Gasteiger partial charge in [0.15, 0.2) is 0 Å². The van der Waals surface area contributed by atoms with E-state index in [4.69, 9.17) is 4.74 Å². The van der Waals surface area contributed by atoms with Gasteiger partial charge in [-0.25, -0.2) is 0 Å². The Morgan fingerprint density at radius 1 is 1.10 bits per heavy atom. The van der Waals surface area contributed by atoms with Crippen LogP contribution in [-0.2, 0) is 6.54 Å². The lowest BCUT2D eigenvalue weighted by molar-refractivity contribution is 0.449. The summed E-state index contributed by atoms with van der Waals surface area (Å²) in [6, 6.07) is 9.80. The Kier molecular flexibility index (Phi) is 5.28. The molecule has 0 saturated heterocycles. The van der Waals surface area contributed by atoms with Crippen LogP contribution in [0.3, 0.4) is 0 Å². The topological polar surface area (TPSA) is 47.0 Å². The fraction of sp³-hybridized carbons (Fsp3) is 0.412. The summed E-state index contributed by atoms with van der Waals surface area (Å²) in [6.07, 6.45) is 0. The Morgan fingerprint density at radius 3 is 2.57 bits per heavy atom. The summed E-state index contributed by atoms with van der Waals surface area (Å²) < 4.78 is 5.79. The number of hydrogen-bond acceptors (Lipinski definition) is 4. The van der Waals surface area contributed by atoms with Gasteiger partial charge in [-0.05, 0) is 49.6 Å². The predicted molar refractivity (Wildman–Crippen MR) is 84.6 cm³/mol. The minimum Gasteiger partial charge on any atom is -0.437 e. The number of aryl methyl sites for hydroxylation is 1. The lowest BCUT2D eigenvalue weighted by Crippen LogP contribution is -2.19. The molecular weight excluding hydrogens is 262 g/mol. The largest absolute Gasteiger partial charge is 0.437 e. The van der Waals surface area contributed by atoms with Crippen molar-refractivity contribution in [3.63, 3.8) is 0 Å². The third-order valence-corrected chi connectivity index (χ3v) is 3.32. The van der Waals surface area contributed by atoms with Gasteiger partial charge in [0.1, 0.15) is 5.75 Å².